The topological polar surface area (TPSA) is 103 Å². The number of primary sulfonamides is 1. The minimum atomic E-state index is -3.81. The first-order valence-electron chi connectivity index (χ1n) is 4.31. The Labute approximate surface area is 88.1 Å². The first-order chi connectivity index (χ1) is 6.86. The lowest BCUT2D eigenvalue weighted by atomic mass is 10.1. The van der Waals surface area contributed by atoms with Crippen molar-refractivity contribution in [2.45, 2.75) is 18.2 Å². The van der Waals surface area contributed by atoms with Gasteiger partial charge in [-0.05, 0) is 24.1 Å². The molecule has 1 aromatic rings. The van der Waals surface area contributed by atoms with Crippen LogP contribution in [0.5, 0.6) is 0 Å². The van der Waals surface area contributed by atoms with Crippen LogP contribution in [-0.2, 0) is 16.4 Å². The molecule has 0 aliphatic carbocycles. The second-order valence-electron chi connectivity index (χ2n) is 3.09. The fourth-order valence-corrected chi connectivity index (χ4v) is 2.13. The number of hydrogen-bond acceptors (Lipinski definition) is 3. The molecule has 0 unspecified atom stereocenters. The predicted molar refractivity (Wildman–Crippen MR) is 55.7 cm³/mol. The van der Waals surface area contributed by atoms with Crippen molar-refractivity contribution in [3.8, 4) is 0 Å². The summed E-state index contributed by atoms with van der Waals surface area (Å²) in [5, 5.41) is 5.02. The maximum atomic E-state index is 11.2. The standard InChI is InChI=1S/C9H12N2O3S/c1-2-6-3-4-7(9(10)12)5-8(6)15(11,13)14/h3-5H,2H2,1H3,(H2,10,12)(H2,11,13,14). The summed E-state index contributed by atoms with van der Waals surface area (Å²) in [6.07, 6.45) is 0.519. The summed E-state index contributed by atoms with van der Waals surface area (Å²) in [5.41, 5.74) is 5.75. The predicted octanol–water partition coefficient (Wildman–Crippen LogP) is -0.00470. The van der Waals surface area contributed by atoms with Gasteiger partial charge < -0.3 is 5.73 Å². The fourth-order valence-electron chi connectivity index (χ4n) is 1.26. The second kappa shape index (κ2) is 4.00. The smallest absolute Gasteiger partial charge is 0.248 e. The quantitative estimate of drug-likeness (QED) is 0.760. The number of nitrogens with two attached hydrogens (primary N) is 2. The molecule has 1 amide bonds. The highest BCUT2D eigenvalue weighted by Crippen LogP contribution is 2.16. The number of primary amides is 1. The van der Waals surface area contributed by atoms with Gasteiger partial charge in [0, 0.05) is 5.56 Å². The zero-order chi connectivity index (χ0) is 11.6. The van der Waals surface area contributed by atoms with Crippen molar-refractivity contribution < 1.29 is 13.2 Å². The van der Waals surface area contributed by atoms with Crippen LogP contribution in [0.25, 0.3) is 0 Å². The van der Waals surface area contributed by atoms with E-state index in [0.29, 0.717) is 12.0 Å². The molecule has 15 heavy (non-hydrogen) atoms. The monoisotopic (exact) mass is 228 g/mol. The van der Waals surface area contributed by atoms with Gasteiger partial charge in [0.25, 0.3) is 0 Å². The van der Waals surface area contributed by atoms with E-state index in [9.17, 15) is 13.2 Å². The van der Waals surface area contributed by atoms with Crippen LogP contribution in [0, 0.1) is 0 Å². The van der Waals surface area contributed by atoms with Gasteiger partial charge in [-0.15, -0.1) is 0 Å². The fraction of sp³-hybridized carbons (Fsp3) is 0.222. The minimum absolute atomic E-state index is 0.0405. The number of aryl methyl sites for hydroxylation is 1. The Bertz CT molecular complexity index is 494. The van der Waals surface area contributed by atoms with E-state index in [1.807, 2.05) is 0 Å². The van der Waals surface area contributed by atoms with Crippen molar-refractivity contribution in [1.82, 2.24) is 0 Å². The zero-order valence-electron chi connectivity index (χ0n) is 8.23. The van der Waals surface area contributed by atoms with Crippen molar-refractivity contribution >= 4 is 15.9 Å². The first-order valence-corrected chi connectivity index (χ1v) is 5.86. The molecule has 0 saturated carbocycles. The van der Waals surface area contributed by atoms with Gasteiger partial charge in [-0.3, -0.25) is 4.79 Å². The Morgan fingerprint density at radius 2 is 2.00 bits per heavy atom. The number of benzene rings is 1. The molecule has 4 N–H and O–H groups in total. The van der Waals surface area contributed by atoms with E-state index in [1.165, 1.54) is 12.1 Å². The summed E-state index contributed by atoms with van der Waals surface area (Å²) in [6.45, 7) is 1.80. The summed E-state index contributed by atoms with van der Waals surface area (Å²) in [5.74, 6) is -0.678. The van der Waals surface area contributed by atoms with Crippen molar-refractivity contribution in [1.29, 1.82) is 0 Å². The highest BCUT2D eigenvalue weighted by Gasteiger charge is 2.14. The number of carbonyl (C=O) groups is 1. The molecule has 1 rings (SSSR count). The zero-order valence-corrected chi connectivity index (χ0v) is 9.04. The summed E-state index contributed by atoms with van der Waals surface area (Å²) in [6, 6.07) is 4.23. The minimum Gasteiger partial charge on any atom is -0.366 e. The molecule has 0 atom stereocenters. The van der Waals surface area contributed by atoms with E-state index >= 15 is 0 Å². The lowest BCUT2D eigenvalue weighted by Gasteiger charge is -2.06. The van der Waals surface area contributed by atoms with E-state index < -0.39 is 15.9 Å². The number of hydrogen-bond donors (Lipinski definition) is 2. The molecule has 6 heteroatoms. The van der Waals surface area contributed by atoms with Crippen LogP contribution in [0.2, 0.25) is 0 Å². The van der Waals surface area contributed by atoms with Gasteiger partial charge >= 0.3 is 0 Å². The molecule has 82 valence electrons. The molecule has 0 bridgehead atoms. The van der Waals surface area contributed by atoms with E-state index in [2.05, 4.69) is 0 Å². The lowest BCUT2D eigenvalue weighted by molar-refractivity contribution is 0.1000. The van der Waals surface area contributed by atoms with Crippen LogP contribution in [0.1, 0.15) is 22.8 Å². The number of carbonyl (C=O) groups excluding carboxylic acids is 1. The molecular formula is C9H12N2O3S. The highest BCUT2D eigenvalue weighted by molar-refractivity contribution is 7.89. The normalized spacial score (nSPS) is 11.3. The number of amides is 1. The van der Waals surface area contributed by atoms with Gasteiger partial charge in [0.15, 0.2) is 0 Å². The number of rotatable bonds is 3. The molecule has 0 saturated heterocycles. The van der Waals surface area contributed by atoms with Gasteiger partial charge in [-0.25, -0.2) is 13.6 Å². The van der Waals surface area contributed by atoms with Crippen LogP contribution in [0.3, 0.4) is 0 Å². The number of sulfonamides is 1. The largest absolute Gasteiger partial charge is 0.366 e. The molecule has 0 spiro atoms. The SMILES string of the molecule is CCc1ccc(C(N)=O)cc1S(N)(=O)=O. The molecule has 0 aliphatic heterocycles. The van der Waals surface area contributed by atoms with Crippen LogP contribution < -0.4 is 10.9 Å². The van der Waals surface area contributed by atoms with Crippen molar-refractivity contribution in [3.05, 3.63) is 29.3 Å². The van der Waals surface area contributed by atoms with E-state index in [1.54, 1.807) is 13.0 Å². The van der Waals surface area contributed by atoms with Crippen LogP contribution in [0.4, 0.5) is 0 Å². The first kappa shape index (κ1) is 11.7. The van der Waals surface area contributed by atoms with Crippen molar-refractivity contribution in [3.63, 3.8) is 0 Å². The Hall–Kier alpha value is -1.40. The van der Waals surface area contributed by atoms with Gasteiger partial charge in [0.1, 0.15) is 0 Å². The highest BCUT2D eigenvalue weighted by atomic mass is 32.2. The Morgan fingerprint density at radius 3 is 2.40 bits per heavy atom. The third kappa shape index (κ3) is 2.54. The Kier molecular flexibility index (Phi) is 3.11. The second-order valence-corrected chi connectivity index (χ2v) is 4.62. The third-order valence-corrected chi connectivity index (χ3v) is 3.03. The summed E-state index contributed by atoms with van der Waals surface area (Å²) in [7, 11) is -3.81. The molecule has 0 radical (unpaired) electrons. The lowest BCUT2D eigenvalue weighted by Crippen LogP contribution is -2.17. The summed E-state index contributed by atoms with van der Waals surface area (Å²) >= 11 is 0. The van der Waals surface area contributed by atoms with Crippen LogP contribution in [-0.4, -0.2) is 14.3 Å². The Morgan fingerprint density at radius 1 is 1.40 bits per heavy atom. The Balaban J connectivity index is 3.46. The average Bonchev–Trinajstić information content (AvgIpc) is 2.15. The van der Waals surface area contributed by atoms with E-state index in [4.69, 9.17) is 10.9 Å². The van der Waals surface area contributed by atoms with Crippen molar-refractivity contribution in [2.75, 3.05) is 0 Å². The molecule has 0 fully saturated rings. The van der Waals surface area contributed by atoms with Gasteiger partial charge in [0.2, 0.25) is 15.9 Å². The van der Waals surface area contributed by atoms with Gasteiger partial charge in [-0.2, -0.15) is 0 Å². The van der Waals surface area contributed by atoms with E-state index in [-0.39, 0.29) is 10.5 Å². The molecule has 5 nitrogen and oxygen atoms in total. The molecule has 1 aromatic carbocycles. The van der Waals surface area contributed by atoms with Crippen molar-refractivity contribution in [2.24, 2.45) is 10.9 Å². The maximum Gasteiger partial charge on any atom is 0.248 e. The molecule has 0 heterocycles. The molecule has 0 aliphatic rings. The summed E-state index contributed by atoms with van der Waals surface area (Å²) in [4.78, 5) is 10.8. The average molecular weight is 228 g/mol. The van der Waals surface area contributed by atoms with Crippen LogP contribution >= 0.6 is 0 Å². The van der Waals surface area contributed by atoms with E-state index in [0.717, 1.165) is 0 Å². The van der Waals surface area contributed by atoms with Gasteiger partial charge in [-0.1, -0.05) is 13.0 Å². The van der Waals surface area contributed by atoms with Crippen LogP contribution in [0.15, 0.2) is 23.1 Å². The molecule has 0 aromatic heterocycles. The summed E-state index contributed by atoms with van der Waals surface area (Å²) < 4.78 is 22.4. The van der Waals surface area contributed by atoms with Gasteiger partial charge in [0.05, 0.1) is 4.90 Å². The molecular weight excluding hydrogens is 216 g/mol. The third-order valence-electron chi connectivity index (χ3n) is 2.04. The maximum absolute atomic E-state index is 11.2.